The zero-order valence-corrected chi connectivity index (χ0v) is 21.1. The van der Waals surface area contributed by atoms with Crippen LogP contribution in [0.3, 0.4) is 0 Å². The molecule has 2 fully saturated rings. The van der Waals surface area contributed by atoms with Gasteiger partial charge in [0.1, 0.15) is 6.61 Å². The summed E-state index contributed by atoms with van der Waals surface area (Å²) < 4.78 is 12.0. The first-order valence-corrected chi connectivity index (χ1v) is 12.8. The number of ether oxygens (including phenoxy) is 2. The van der Waals surface area contributed by atoms with Crippen LogP contribution in [0.2, 0.25) is 0 Å². The van der Waals surface area contributed by atoms with Crippen molar-refractivity contribution in [3.8, 4) is 0 Å². The third-order valence-electron chi connectivity index (χ3n) is 6.81. The maximum Gasteiger partial charge on any atom is 0.410 e. The van der Waals surface area contributed by atoms with Gasteiger partial charge in [0.05, 0.1) is 11.9 Å². The van der Waals surface area contributed by atoms with Gasteiger partial charge < -0.3 is 20.1 Å². The van der Waals surface area contributed by atoms with E-state index < -0.39 is 0 Å². The maximum atomic E-state index is 12.5. The second-order valence-electron chi connectivity index (χ2n) is 9.82. The summed E-state index contributed by atoms with van der Waals surface area (Å²) in [7, 11) is 1.85. The van der Waals surface area contributed by atoms with Crippen LogP contribution in [0.25, 0.3) is 0 Å². The van der Waals surface area contributed by atoms with Crippen molar-refractivity contribution in [1.82, 2.24) is 4.90 Å². The zero-order chi connectivity index (χ0) is 23.5. The summed E-state index contributed by atoms with van der Waals surface area (Å²) in [5.74, 6) is 1.35. The average molecular weight is 447 g/mol. The van der Waals surface area contributed by atoms with Crippen LogP contribution in [0.15, 0.2) is 34.8 Å². The molecule has 2 aliphatic carbocycles. The molecule has 0 unspecified atom stereocenters. The molecule has 5 nitrogen and oxygen atoms in total. The van der Waals surface area contributed by atoms with E-state index in [4.69, 9.17) is 15.2 Å². The standard InChI is InChI=1S/C27H46N2O3/c1-6-12-22(19-31-27(30)29(5)23-13-10-11-14-23)26(28)21(4)17-18-25(20(2)3)32-24-15-8-7-9-16-24/h17-18,20,23-24H,6-16,19,28H2,1-5H3/b21-17+,25-18+,26-22+. The molecule has 0 aromatic rings. The monoisotopic (exact) mass is 446 g/mol. The third-order valence-corrected chi connectivity index (χ3v) is 6.81. The Labute approximate surface area is 196 Å². The molecular formula is C27H46N2O3. The van der Waals surface area contributed by atoms with Crippen molar-refractivity contribution in [2.24, 2.45) is 11.7 Å². The van der Waals surface area contributed by atoms with Crippen LogP contribution >= 0.6 is 0 Å². The smallest absolute Gasteiger partial charge is 0.410 e. The molecule has 182 valence electrons. The minimum atomic E-state index is -0.247. The number of hydrogen-bond acceptors (Lipinski definition) is 4. The van der Waals surface area contributed by atoms with E-state index in [1.807, 2.05) is 14.0 Å². The summed E-state index contributed by atoms with van der Waals surface area (Å²) in [6.07, 6.45) is 16.6. The number of rotatable bonds is 10. The number of carbonyl (C=O) groups is 1. The first kappa shape index (κ1) is 26.3. The Morgan fingerprint density at radius 3 is 2.28 bits per heavy atom. The minimum Gasteiger partial charge on any atom is -0.495 e. The molecule has 0 aromatic heterocycles. The highest BCUT2D eigenvalue weighted by atomic mass is 16.6. The van der Waals surface area contributed by atoms with E-state index in [-0.39, 0.29) is 12.7 Å². The van der Waals surface area contributed by atoms with Gasteiger partial charge in [0.25, 0.3) is 0 Å². The topological polar surface area (TPSA) is 64.8 Å². The summed E-state index contributed by atoms with van der Waals surface area (Å²) in [5.41, 5.74) is 9.21. The highest BCUT2D eigenvalue weighted by Gasteiger charge is 2.24. The normalized spacial score (nSPS) is 19.8. The molecule has 0 spiro atoms. The van der Waals surface area contributed by atoms with E-state index in [2.05, 4.69) is 32.9 Å². The molecule has 0 bridgehead atoms. The molecule has 32 heavy (non-hydrogen) atoms. The molecule has 1 amide bonds. The quantitative estimate of drug-likeness (QED) is 0.294. The molecule has 2 saturated carbocycles. The van der Waals surface area contributed by atoms with Crippen molar-refractivity contribution in [2.45, 2.75) is 110 Å². The van der Waals surface area contributed by atoms with Gasteiger partial charge in [-0.05, 0) is 69.1 Å². The Morgan fingerprint density at radius 1 is 1.06 bits per heavy atom. The average Bonchev–Trinajstić information content (AvgIpc) is 3.33. The lowest BCUT2D eigenvalue weighted by Gasteiger charge is -2.26. The third kappa shape index (κ3) is 8.22. The number of nitrogens with two attached hydrogens (primary N) is 1. The Balaban J connectivity index is 2.05. The van der Waals surface area contributed by atoms with Crippen LogP contribution in [0, 0.1) is 5.92 Å². The SMILES string of the molecule is CCC/C(COC(=O)N(C)C1CCCC1)=C(N)/C(C)=C/C=C(/OC1CCCCC1)C(C)C. The molecule has 0 aromatic carbocycles. The fraction of sp³-hybridized carbons (Fsp3) is 0.741. The Bertz CT molecular complexity index is 681. The van der Waals surface area contributed by atoms with E-state index in [0.29, 0.717) is 18.1 Å². The predicted molar refractivity (Wildman–Crippen MR) is 132 cm³/mol. The molecule has 0 radical (unpaired) electrons. The van der Waals surface area contributed by atoms with Crippen LogP contribution in [-0.2, 0) is 9.47 Å². The van der Waals surface area contributed by atoms with Crippen molar-refractivity contribution < 1.29 is 14.3 Å². The van der Waals surface area contributed by atoms with Gasteiger partial charge in [-0.1, -0.05) is 52.5 Å². The van der Waals surface area contributed by atoms with E-state index in [0.717, 1.165) is 61.1 Å². The van der Waals surface area contributed by atoms with Crippen LogP contribution in [0.1, 0.15) is 98.3 Å². The second-order valence-corrected chi connectivity index (χ2v) is 9.82. The van der Waals surface area contributed by atoms with Gasteiger partial charge in [0.15, 0.2) is 0 Å². The second kappa shape index (κ2) is 13.6. The predicted octanol–water partition coefficient (Wildman–Crippen LogP) is 6.85. The van der Waals surface area contributed by atoms with Crippen molar-refractivity contribution in [1.29, 1.82) is 0 Å². The van der Waals surface area contributed by atoms with Crippen LogP contribution in [0.5, 0.6) is 0 Å². The summed E-state index contributed by atoms with van der Waals surface area (Å²) in [6, 6.07) is 0.309. The molecular weight excluding hydrogens is 400 g/mol. The van der Waals surface area contributed by atoms with Crippen LogP contribution < -0.4 is 5.73 Å². The van der Waals surface area contributed by atoms with E-state index >= 15 is 0 Å². The molecule has 0 aliphatic heterocycles. The largest absolute Gasteiger partial charge is 0.495 e. The number of amides is 1. The lowest BCUT2D eigenvalue weighted by Crippen LogP contribution is -2.36. The molecule has 5 heteroatoms. The number of hydrogen-bond donors (Lipinski definition) is 1. The van der Waals surface area contributed by atoms with Crippen molar-refractivity contribution in [2.75, 3.05) is 13.7 Å². The number of allylic oxidation sites excluding steroid dienone is 4. The fourth-order valence-corrected chi connectivity index (χ4v) is 4.60. The summed E-state index contributed by atoms with van der Waals surface area (Å²) in [4.78, 5) is 14.3. The molecule has 0 heterocycles. The number of nitrogens with zero attached hydrogens (tertiary/aromatic N) is 1. The Hall–Kier alpha value is -1.91. The molecule has 2 rings (SSSR count). The van der Waals surface area contributed by atoms with Gasteiger partial charge in [-0.25, -0.2) is 4.79 Å². The van der Waals surface area contributed by atoms with Crippen molar-refractivity contribution in [3.05, 3.63) is 34.8 Å². The molecule has 0 atom stereocenters. The van der Waals surface area contributed by atoms with E-state index in [1.165, 1.54) is 32.1 Å². The van der Waals surface area contributed by atoms with Crippen LogP contribution in [0.4, 0.5) is 4.79 Å². The van der Waals surface area contributed by atoms with Gasteiger partial charge in [-0.15, -0.1) is 0 Å². The Kier molecular flexibility index (Phi) is 11.2. The van der Waals surface area contributed by atoms with Gasteiger partial charge in [0.2, 0.25) is 0 Å². The summed E-state index contributed by atoms with van der Waals surface area (Å²) in [5, 5.41) is 0. The first-order chi connectivity index (χ1) is 15.3. The summed E-state index contributed by atoms with van der Waals surface area (Å²) >= 11 is 0. The first-order valence-electron chi connectivity index (χ1n) is 12.8. The van der Waals surface area contributed by atoms with Gasteiger partial charge in [0, 0.05) is 24.7 Å². The van der Waals surface area contributed by atoms with Crippen molar-refractivity contribution >= 4 is 6.09 Å². The fourth-order valence-electron chi connectivity index (χ4n) is 4.60. The molecule has 2 aliphatic rings. The minimum absolute atomic E-state index is 0.247. The zero-order valence-electron chi connectivity index (χ0n) is 21.1. The lowest BCUT2D eigenvalue weighted by atomic mass is 9.97. The molecule has 2 N–H and O–H groups in total. The van der Waals surface area contributed by atoms with Crippen molar-refractivity contribution in [3.63, 3.8) is 0 Å². The summed E-state index contributed by atoms with van der Waals surface area (Å²) in [6.45, 7) is 8.72. The maximum absolute atomic E-state index is 12.5. The van der Waals surface area contributed by atoms with Gasteiger partial charge in [-0.3, -0.25) is 0 Å². The highest BCUT2D eigenvalue weighted by molar-refractivity contribution is 5.68. The highest BCUT2D eigenvalue weighted by Crippen LogP contribution is 2.26. The molecule has 0 saturated heterocycles. The lowest BCUT2D eigenvalue weighted by molar-refractivity contribution is 0.0677. The van der Waals surface area contributed by atoms with Crippen LogP contribution in [-0.4, -0.2) is 36.8 Å². The Morgan fingerprint density at radius 2 is 1.69 bits per heavy atom. The van der Waals surface area contributed by atoms with Gasteiger partial charge in [-0.2, -0.15) is 0 Å². The number of carbonyl (C=O) groups excluding carboxylic acids is 1. The van der Waals surface area contributed by atoms with E-state index in [9.17, 15) is 4.79 Å². The van der Waals surface area contributed by atoms with Gasteiger partial charge >= 0.3 is 6.09 Å². The van der Waals surface area contributed by atoms with E-state index in [1.54, 1.807) is 4.90 Å².